The van der Waals surface area contributed by atoms with Crippen LogP contribution in [0.25, 0.3) is 0 Å². The second-order valence-corrected chi connectivity index (χ2v) is 10.8. The quantitative estimate of drug-likeness (QED) is 0.224. The Balaban J connectivity index is 1.55. The Bertz CT molecular complexity index is 1550. The molecule has 0 aliphatic carbocycles. The zero-order valence-electron chi connectivity index (χ0n) is 18.1. The second kappa shape index (κ2) is 10.9. The Morgan fingerprint density at radius 1 is 0.917 bits per heavy atom. The zero-order valence-corrected chi connectivity index (χ0v) is 22.1. The molecular weight excluding hydrogens is 594 g/mol. The highest BCUT2D eigenvalue weighted by molar-refractivity contribution is 9.10. The predicted octanol–water partition coefficient (Wildman–Crippen LogP) is 7.74. The van der Waals surface area contributed by atoms with Crippen molar-refractivity contribution in [3.63, 3.8) is 0 Å². The van der Waals surface area contributed by atoms with Gasteiger partial charge in [0.15, 0.2) is 0 Å². The topological polar surface area (TPSA) is 84.5 Å². The Labute approximate surface area is 225 Å². The van der Waals surface area contributed by atoms with Crippen LogP contribution >= 0.6 is 39.1 Å². The molecule has 184 valence electrons. The van der Waals surface area contributed by atoms with E-state index in [1.165, 1.54) is 60.7 Å². The summed E-state index contributed by atoms with van der Waals surface area (Å²) in [5.74, 6) is -0.318. The van der Waals surface area contributed by atoms with Gasteiger partial charge in [-0.3, -0.25) is 9.52 Å². The molecule has 6 nitrogen and oxygen atoms in total. The van der Waals surface area contributed by atoms with E-state index in [0.29, 0.717) is 22.2 Å². The summed E-state index contributed by atoms with van der Waals surface area (Å²) in [6, 6.07) is 20.7. The van der Waals surface area contributed by atoms with Crippen LogP contribution in [0.15, 0.2) is 94.3 Å². The largest absolute Gasteiger partial charge is 0.456 e. The van der Waals surface area contributed by atoms with E-state index in [4.69, 9.17) is 27.9 Å². The molecule has 0 unspecified atom stereocenters. The molecule has 2 N–H and O–H groups in total. The van der Waals surface area contributed by atoms with Crippen LogP contribution in [-0.2, 0) is 10.0 Å². The summed E-state index contributed by atoms with van der Waals surface area (Å²) in [7, 11) is -4.08. The van der Waals surface area contributed by atoms with E-state index >= 15 is 0 Å². The molecular formula is C25H16BrCl2FN2O4S. The standard InChI is InChI=1S/C25H16BrCl2FN2O4S/c26-20-14-16(6-11-22(20)29)30-25(32)19-13-15(27)5-12-23(19)31-36(33,34)18-9-7-17(8-10-18)35-24-4-2-1-3-21(24)28/h1-14,31H,(H,30,32). The van der Waals surface area contributed by atoms with Crippen LogP contribution in [0.1, 0.15) is 10.4 Å². The van der Waals surface area contributed by atoms with Gasteiger partial charge >= 0.3 is 0 Å². The first kappa shape index (κ1) is 26.0. The molecule has 0 aliphatic rings. The van der Waals surface area contributed by atoms with E-state index in [-0.39, 0.29) is 25.6 Å². The van der Waals surface area contributed by atoms with Crippen molar-refractivity contribution in [2.24, 2.45) is 0 Å². The van der Waals surface area contributed by atoms with Crippen LogP contribution in [0.2, 0.25) is 10.0 Å². The normalized spacial score (nSPS) is 11.1. The maximum absolute atomic E-state index is 13.5. The average Bonchev–Trinajstić information content (AvgIpc) is 2.84. The third kappa shape index (κ3) is 6.17. The first-order chi connectivity index (χ1) is 17.1. The summed E-state index contributed by atoms with van der Waals surface area (Å²) in [5.41, 5.74) is 0.288. The number of halogens is 4. The minimum atomic E-state index is -4.08. The van der Waals surface area contributed by atoms with Crippen LogP contribution in [0, 0.1) is 5.82 Å². The maximum Gasteiger partial charge on any atom is 0.261 e. The summed E-state index contributed by atoms with van der Waals surface area (Å²) < 4.78 is 47.9. The summed E-state index contributed by atoms with van der Waals surface area (Å²) in [6.45, 7) is 0. The van der Waals surface area contributed by atoms with Gasteiger partial charge in [0.2, 0.25) is 0 Å². The van der Waals surface area contributed by atoms with Crippen LogP contribution in [0.3, 0.4) is 0 Å². The molecule has 4 aromatic rings. The predicted molar refractivity (Wildman–Crippen MR) is 142 cm³/mol. The highest BCUT2D eigenvalue weighted by atomic mass is 79.9. The van der Waals surface area contributed by atoms with Crippen molar-refractivity contribution in [2.45, 2.75) is 4.90 Å². The number of para-hydroxylation sites is 1. The van der Waals surface area contributed by atoms with Gasteiger partial charge in [-0.05, 0) is 88.7 Å². The number of nitrogens with one attached hydrogen (secondary N) is 2. The van der Waals surface area contributed by atoms with E-state index in [0.717, 1.165) is 0 Å². The van der Waals surface area contributed by atoms with Crippen molar-refractivity contribution in [1.82, 2.24) is 0 Å². The van der Waals surface area contributed by atoms with Crippen molar-refractivity contribution in [3.8, 4) is 11.5 Å². The number of benzene rings is 4. The fourth-order valence-electron chi connectivity index (χ4n) is 3.11. The lowest BCUT2D eigenvalue weighted by molar-refractivity contribution is 0.102. The number of amides is 1. The third-order valence-electron chi connectivity index (χ3n) is 4.85. The number of rotatable bonds is 7. The molecule has 0 radical (unpaired) electrons. The van der Waals surface area contributed by atoms with Gasteiger partial charge in [0.05, 0.1) is 25.6 Å². The monoisotopic (exact) mass is 608 g/mol. The SMILES string of the molecule is O=C(Nc1ccc(F)c(Br)c1)c1cc(Cl)ccc1NS(=O)(=O)c1ccc(Oc2ccccc2Cl)cc1. The molecule has 1 amide bonds. The Morgan fingerprint density at radius 2 is 1.64 bits per heavy atom. The van der Waals surface area contributed by atoms with Crippen molar-refractivity contribution in [2.75, 3.05) is 10.0 Å². The number of sulfonamides is 1. The maximum atomic E-state index is 13.5. The van der Waals surface area contributed by atoms with E-state index in [9.17, 15) is 17.6 Å². The number of hydrogen-bond donors (Lipinski definition) is 2. The Morgan fingerprint density at radius 3 is 2.33 bits per heavy atom. The fraction of sp³-hybridized carbons (Fsp3) is 0. The average molecular weight is 610 g/mol. The third-order valence-corrected chi connectivity index (χ3v) is 7.38. The molecule has 0 saturated carbocycles. The van der Waals surface area contributed by atoms with Crippen molar-refractivity contribution in [3.05, 3.63) is 111 Å². The molecule has 0 atom stereocenters. The van der Waals surface area contributed by atoms with E-state index < -0.39 is 21.7 Å². The van der Waals surface area contributed by atoms with Crippen LogP contribution in [-0.4, -0.2) is 14.3 Å². The second-order valence-electron chi connectivity index (χ2n) is 7.38. The molecule has 4 aromatic carbocycles. The molecule has 0 fully saturated rings. The number of anilines is 2. The first-order valence-corrected chi connectivity index (χ1v) is 13.3. The Kier molecular flexibility index (Phi) is 7.85. The van der Waals surface area contributed by atoms with Gasteiger partial charge in [0.1, 0.15) is 17.3 Å². The molecule has 11 heteroatoms. The minimum Gasteiger partial charge on any atom is -0.456 e. The zero-order chi connectivity index (χ0) is 25.9. The fourth-order valence-corrected chi connectivity index (χ4v) is 4.92. The smallest absolute Gasteiger partial charge is 0.261 e. The highest BCUT2D eigenvalue weighted by Gasteiger charge is 2.20. The number of ether oxygens (including phenoxy) is 1. The number of carbonyl (C=O) groups excluding carboxylic acids is 1. The van der Waals surface area contributed by atoms with Crippen molar-refractivity contribution >= 4 is 66.4 Å². The van der Waals surface area contributed by atoms with Gasteiger partial charge in [-0.2, -0.15) is 0 Å². The summed E-state index contributed by atoms with van der Waals surface area (Å²) in [6.07, 6.45) is 0. The Hall–Kier alpha value is -3.11. The number of hydrogen-bond acceptors (Lipinski definition) is 4. The molecule has 0 aliphatic heterocycles. The van der Waals surface area contributed by atoms with Crippen LogP contribution < -0.4 is 14.8 Å². The van der Waals surface area contributed by atoms with Crippen molar-refractivity contribution in [1.29, 1.82) is 0 Å². The lowest BCUT2D eigenvalue weighted by atomic mass is 10.1. The first-order valence-electron chi connectivity index (χ1n) is 10.2. The lowest BCUT2D eigenvalue weighted by Gasteiger charge is -2.14. The highest BCUT2D eigenvalue weighted by Crippen LogP contribution is 2.30. The summed E-state index contributed by atoms with van der Waals surface area (Å²) >= 11 is 15.2. The van der Waals surface area contributed by atoms with Crippen LogP contribution in [0.5, 0.6) is 11.5 Å². The molecule has 0 saturated heterocycles. The number of carbonyl (C=O) groups is 1. The molecule has 0 spiro atoms. The van der Waals surface area contributed by atoms with Gasteiger partial charge < -0.3 is 10.1 Å². The molecule has 36 heavy (non-hydrogen) atoms. The van der Waals surface area contributed by atoms with Gasteiger partial charge in [0, 0.05) is 10.7 Å². The van der Waals surface area contributed by atoms with Gasteiger partial charge in [-0.1, -0.05) is 35.3 Å². The van der Waals surface area contributed by atoms with Gasteiger partial charge in [0.25, 0.3) is 15.9 Å². The van der Waals surface area contributed by atoms with E-state index in [2.05, 4.69) is 26.0 Å². The van der Waals surface area contributed by atoms with Crippen molar-refractivity contribution < 1.29 is 22.3 Å². The lowest BCUT2D eigenvalue weighted by Crippen LogP contribution is -2.18. The summed E-state index contributed by atoms with van der Waals surface area (Å²) in [5, 5.41) is 3.24. The minimum absolute atomic E-state index is 0.00877. The molecule has 0 heterocycles. The van der Waals surface area contributed by atoms with E-state index in [1.807, 2.05) is 0 Å². The van der Waals surface area contributed by atoms with Gasteiger partial charge in [-0.15, -0.1) is 0 Å². The molecule has 4 rings (SSSR count). The van der Waals surface area contributed by atoms with E-state index in [1.54, 1.807) is 24.3 Å². The van der Waals surface area contributed by atoms with Crippen LogP contribution in [0.4, 0.5) is 15.8 Å². The van der Waals surface area contributed by atoms with Gasteiger partial charge in [-0.25, -0.2) is 12.8 Å². The molecule has 0 aromatic heterocycles. The summed E-state index contributed by atoms with van der Waals surface area (Å²) in [4.78, 5) is 12.9. The molecule has 0 bridgehead atoms.